The number of hydrogen-bond donors (Lipinski definition) is 1. The van der Waals surface area contributed by atoms with Crippen LogP contribution in [0, 0.1) is 0 Å². The summed E-state index contributed by atoms with van der Waals surface area (Å²) >= 11 is 6.12. The number of nitrogens with zero attached hydrogens (tertiary/aromatic N) is 3. The average molecular weight is 401 g/mol. The maximum Gasteiger partial charge on any atom is 0.275 e. The summed E-state index contributed by atoms with van der Waals surface area (Å²) in [6.07, 6.45) is 3.22. The van der Waals surface area contributed by atoms with E-state index in [1.807, 2.05) is 78.9 Å². The van der Waals surface area contributed by atoms with Gasteiger partial charge in [-0.25, -0.2) is 10.1 Å². The summed E-state index contributed by atoms with van der Waals surface area (Å²) in [6, 6.07) is 26.5. The van der Waals surface area contributed by atoms with Crippen molar-refractivity contribution in [2.24, 2.45) is 5.10 Å². The van der Waals surface area contributed by atoms with Crippen LogP contribution in [0.25, 0.3) is 16.9 Å². The van der Waals surface area contributed by atoms with Gasteiger partial charge in [-0.05, 0) is 18.2 Å². The fourth-order valence-corrected chi connectivity index (χ4v) is 3.05. The normalized spacial score (nSPS) is 10.9. The Kier molecular flexibility index (Phi) is 5.49. The van der Waals surface area contributed by atoms with Crippen LogP contribution in [0.2, 0.25) is 5.02 Å². The summed E-state index contributed by atoms with van der Waals surface area (Å²) in [5, 5.41) is 9.25. The molecule has 0 aliphatic heterocycles. The Balaban J connectivity index is 1.65. The third kappa shape index (κ3) is 4.25. The van der Waals surface area contributed by atoms with Gasteiger partial charge >= 0.3 is 0 Å². The largest absolute Gasteiger partial charge is 0.275 e. The molecular weight excluding hydrogens is 384 g/mol. The van der Waals surface area contributed by atoms with Crippen molar-refractivity contribution < 1.29 is 4.79 Å². The lowest BCUT2D eigenvalue weighted by molar-refractivity contribution is 0.0956. The highest BCUT2D eigenvalue weighted by Gasteiger charge is 2.18. The fourth-order valence-electron chi connectivity index (χ4n) is 2.86. The molecule has 0 saturated carbocycles. The second-order valence-corrected chi connectivity index (χ2v) is 6.67. The van der Waals surface area contributed by atoms with E-state index in [0.29, 0.717) is 16.3 Å². The van der Waals surface area contributed by atoms with Gasteiger partial charge in [-0.1, -0.05) is 78.3 Å². The molecule has 0 aliphatic carbocycles. The van der Waals surface area contributed by atoms with E-state index in [9.17, 15) is 4.79 Å². The number of carbonyl (C=O) groups is 1. The van der Waals surface area contributed by atoms with E-state index >= 15 is 0 Å². The van der Waals surface area contributed by atoms with Gasteiger partial charge < -0.3 is 0 Å². The molecule has 4 aromatic rings. The van der Waals surface area contributed by atoms with E-state index in [1.165, 1.54) is 6.21 Å². The van der Waals surface area contributed by atoms with E-state index in [2.05, 4.69) is 15.6 Å². The van der Waals surface area contributed by atoms with Crippen LogP contribution in [0.1, 0.15) is 15.9 Å². The summed E-state index contributed by atoms with van der Waals surface area (Å²) in [5.41, 5.74) is 6.01. The predicted molar refractivity (Wildman–Crippen MR) is 116 cm³/mol. The van der Waals surface area contributed by atoms with Crippen molar-refractivity contribution in [3.05, 3.63) is 107 Å². The van der Waals surface area contributed by atoms with Crippen LogP contribution < -0.4 is 5.43 Å². The monoisotopic (exact) mass is 400 g/mol. The first-order valence-corrected chi connectivity index (χ1v) is 9.38. The third-order valence-electron chi connectivity index (χ3n) is 4.30. The predicted octanol–water partition coefficient (Wildman–Crippen LogP) is 4.96. The maximum atomic E-state index is 12.8. The molecule has 0 radical (unpaired) electrons. The standard InChI is InChI=1S/C23H17ClN4O/c24-21-14-8-7-11-18(21)15-25-26-23(29)20-16-28(19-12-5-2-6-13-19)27-22(20)17-9-3-1-4-10-17/h1-16H,(H,26,29). The van der Waals surface area contributed by atoms with E-state index in [0.717, 1.165) is 16.8 Å². The smallest absolute Gasteiger partial charge is 0.267 e. The topological polar surface area (TPSA) is 59.3 Å². The maximum absolute atomic E-state index is 12.8. The third-order valence-corrected chi connectivity index (χ3v) is 4.65. The van der Waals surface area contributed by atoms with Gasteiger partial charge in [0.25, 0.3) is 5.91 Å². The first-order chi connectivity index (χ1) is 14.2. The SMILES string of the molecule is O=C(NN=Cc1ccccc1Cl)c1cn(-c2ccccc2)nc1-c1ccccc1. The highest BCUT2D eigenvalue weighted by atomic mass is 35.5. The number of hydrazone groups is 1. The minimum Gasteiger partial charge on any atom is -0.267 e. The first kappa shape index (κ1) is 18.7. The first-order valence-electron chi connectivity index (χ1n) is 9.01. The lowest BCUT2D eigenvalue weighted by Gasteiger charge is -2.01. The van der Waals surface area contributed by atoms with Crippen LogP contribution in [-0.2, 0) is 0 Å². The van der Waals surface area contributed by atoms with Crippen LogP contribution in [0.15, 0.2) is 96.2 Å². The molecule has 29 heavy (non-hydrogen) atoms. The molecule has 1 aromatic heterocycles. The fraction of sp³-hybridized carbons (Fsp3) is 0. The van der Waals surface area contributed by atoms with E-state index < -0.39 is 0 Å². The Morgan fingerprint density at radius 1 is 0.931 bits per heavy atom. The van der Waals surface area contributed by atoms with Gasteiger partial charge in [0.15, 0.2) is 0 Å². The molecule has 0 spiro atoms. The minimum absolute atomic E-state index is 0.352. The Morgan fingerprint density at radius 2 is 1.59 bits per heavy atom. The molecule has 1 N–H and O–H groups in total. The van der Waals surface area contributed by atoms with Gasteiger partial charge in [-0.2, -0.15) is 10.2 Å². The molecule has 1 amide bonds. The van der Waals surface area contributed by atoms with E-state index in [-0.39, 0.29) is 5.91 Å². The Hall–Kier alpha value is -3.70. The molecule has 0 bridgehead atoms. The highest BCUT2D eigenvalue weighted by molar-refractivity contribution is 6.33. The number of nitrogens with one attached hydrogen (secondary N) is 1. The number of rotatable bonds is 5. The zero-order chi connectivity index (χ0) is 20.1. The molecule has 1 heterocycles. The van der Waals surface area contributed by atoms with Gasteiger partial charge in [0.1, 0.15) is 5.69 Å². The van der Waals surface area contributed by atoms with Gasteiger partial charge in [0.05, 0.1) is 17.5 Å². The van der Waals surface area contributed by atoms with Gasteiger partial charge in [-0.15, -0.1) is 0 Å². The minimum atomic E-state index is -0.352. The molecule has 3 aromatic carbocycles. The van der Waals surface area contributed by atoms with Crippen LogP contribution in [0.5, 0.6) is 0 Å². The van der Waals surface area contributed by atoms with Crippen molar-refractivity contribution in [1.82, 2.24) is 15.2 Å². The molecule has 142 valence electrons. The Morgan fingerprint density at radius 3 is 2.31 bits per heavy atom. The summed E-state index contributed by atoms with van der Waals surface area (Å²) < 4.78 is 1.69. The Labute approximate surface area is 173 Å². The second-order valence-electron chi connectivity index (χ2n) is 6.26. The summed E-state index contributed by atoms with van der Waals surface area (Å²) in [4.78, 5) is 12.8. The van der Waals surface area contributed by atoms with Crippen molar-refractivity contribution in [3.63, 3.8) is 0 Å². The van der Waals surface area contributed by atoms with E-state index in [1.54, 1.807) is 16.9 Å². The number of amides is 1. The number of hydrogen-bond acceptors (Lipinski definition) is 3. The molecule has 0 atom stereocenters. The molecule has 0 aliphatic rings. The number of benzene rings is 3. The van der Waals surface area contributed by atoms with Gasteiger partial charge in [0.2, 0.25) is 0 Å². The lowest BCUT2D eigenvalue weighted by atomic mass is 10.1. The molecule has 0 unspecified atom stereocenters. The van der Waals surface area contributed by atoms with Crippen LogP contribution in [0.3, 0.4) is 0 Å². The van der Waals surface area contributed by atoms with E-state index in [4.69, 9.17) is 11.6 Å². The lowest BCUT2D eigenvalue weighted by Crippen LogP contribution is -2.18. The molecule has 0 saturated heterocycles. The van der Waals surface area contributed by atoms with Crippen molar-refractivity contribution in [1.29, 1.82) is 0 Å². The second kappa shape index (κ2) is 8.54. The quantitative estimate of drug-likeness (QED) is 0.380. The van der Waals surface area contributed by atoms with Crippen molar-refractivity contribution in [2.75, 3.05) is 0 Å². The number of aromatic nitrogens is 2. The van der Waals surface area contributed by atoms with Crippen molar-refractivity contribution >= 4 is 23.7 Å². The highest BCUT2D eigenvalue weighted by Crippen LogP contribution is 2.23. The number of para-hydroxylation sites is 1. The van der Waals surface area contributed by atoms with Crippen LogP contribution in [0.4, 0.5) is 0 Å². The van der Waals surface area contributed by atoms with Crippen LogP contribution in [-0.4, -0.2) is 21.9 Å². The zero-order valence-corrected chi connectivity index (χ0v) is 16.1. The van der Waals surface area contributed by atoms with Crippen molar-refractivity contribution in [3.8, 4) is 16.9 Å². The molecule has 6 heteroatoms. The van der Waals surface area contributed by atoms with Gasteiger partial charge in [0, 0.05) is 22.3 Å². The molecule has 4 rings (SSSR count). The summed E-state index contributed by atoms with van der Waals surface area (Å²) in [5.74, 6) is -0.352. The summed E-state index contributed by atoms with van der Waals surface area (Å²) in [6.45, 7) is 0. The molecule has 5 nitrogen and oxygen atoms in total. The summed E-state index contributed by atoms with van der Waals surface area (Å²) in [7, 11) is 0. The number of carbonyl (C=O) groups excluding carboxylic acids is 1. The average Bonchev–Trinajstić information content (AvgIpc) is 3.22. The van der Waals surface area contributed by atoms with Crippen molar-refractivity contribution in [2.45, 2.75) is 0 Å². The van der Waals surface area contributed by atoms with Gasteiger partial charge in [-0.3, -0.25) is 4.79 Å². The molecular formula is C23H17ClN4O. The number of halogens is 1. The Bertz CT molecular complexity index is 1150. The molecule has 0 fully saturated rings. The van der Waals surface area contributed by atoms with Crippen LogP contribution >= 0.6 is 11.6 Å². The zero-order valence-electron chi connectivity index (χ0n) is 15.4.